The summed E-state index contributed by atoms with van der Waals surface area (Å²) < 4.78 is 0. The van der Waals surface area contributed by atoms with Crippen LogP contribution in [0.15, 0.2) is 11.8 Å². The van der Waals surface area contributed by atoms with E-state index in [-0.39, 0.29) is 30.0 Å². The van der Waals surface area contributed by atoms with Crippen molar-refractivity contribution in [2.45, 2.75) is 38.5 Å². The van der Waals surface area contributed by atoms with Crippen LogP contribution in [0.3, 0.4) is 0 Å². The zero-order valence-corrected chi connectivity index (χ0v) is 11.4. The maximum atomic E-state index is 12.1. The molecule has 1 spiro atoms. The zero-order chi connectivity index (χ0) is 14.3. The fourth-order valence-electron chi connectivity index (χ4n) is 4.05. The van der Waals surface area contributed by atoms with Crippen LogP contribution in [0.25, 0.3) is 0 Å². The van der Waals surface area contributed by atoms with Crippen LogP contribution in [-0.2, 0) is 14.4 Å². The Morgan fingerprint density at radius 2 is 2.15 bits per heavy atom. The molecule has 0 aromatic heterocycles. The number of hydrogen-bond acceptors (Lipinski definition) is 4. The van der Waals surface area contributed by atoms with Crippen molar-refractivity contribution in [3.63, 3.8) is 0 Å². The lowest BCUT2D eigenvalue weighted by molar-refractivity contribution is -0.138. The van der Waals surface area contributed by atoms with E-state index < -0.39 is 5.41 Å². The summed E-state index contributed by atoms with van der Waals surface area (Å²) in [6, 6.07) is 0. The highest BCUT2D eigenvalue weighted by molar-refractivity contribution is 5.96. The van der Waals surface area contributed by atoms with Crippen molar-refractivity contribution in [3.05, 3.63) is 11.8 Å². The number of amides is 1. The molecule has 0 bridgehead atoms. The predicted molar refractivity (Wildman–Crippen MR) is 70.5 cm³/mol. The fourth-order valence-corrected chi connectivity index (χ4v) is 4.05. The standard InChI is InChI=1S/C15H19NO4/c17-7-1-6-16-13-3-2-12(19)11-8-10(18)9-15(11,13)5-4-14(16)20/h3,11,17H,1-2,4-9H2/t11-,15-/m1/s1. The number of carbonyl (C=O) groups is 3. The maximum absolute atomic E-state index is 12.1. The SMILES string of the molecule is O=C1C[C@@H]2C(=O)CC=C3N(CCCO)C(=O)CC[C@]32C1. The number of aliphatic hydroxyl groups excluding tert-OH is 1. The van der Waals surface area contributed by atoms with E-state index in [0.717, 1.165) is 5.70 Å². The van der Waals surface area contributed by atoms with Crippen LogP contribution in [0.1, 0.15) is 38.5 Å². The molecular weight excluding hydrogens is 258 g/mol. The molecule has 108 valence electrons. The molecule has 1 saturated heterocycles. The Morgan fingerprint density at radius 1 is 1.35 bits per heavy atom. The van der Waals surface area contributed by atoms with Gasteiger partial charge >= 0.3 is 0 Å². The lowest BCUT2D eigenvalue weighted by atomic mass is 9.64. The number of ketones is 2. The van der Waals surface area contributed by atoms with Crippen molar-refractivity contribution in [3.8, 4) is 0 Å². The molecule has 0 aromatic carbocycles. The van der Waals surface area contributed by atoms with Gasteiger partial charge in [-0.15, -0.1) is 0 Å². The topological polar surface area (TPSA) is 74.7 Å². The van der Waals surface area contributed by atoms with Gasteiger partial charge in [-0.3, -0.25) is 14.4 Å². The van der Waals surface area contributed by atoms with Crippen LogP contribution >= 0.6 is 0 Å². The van der Waals surface area contributed by atoms with Crippen molar-refractivity contribution < 1.29 is 19.5 Å². The number of allylic oxidation sites excluding steroid dienone is 2. The first-order valence-corrected chi connectivity index (χ1v) is 7.25. The molecule has 2 fully saturated rings. The zero-order valence-electron chi connectivity index (χ0n) is 11.4. The van der Waals surface area contributed by atoms with E-state index in [0.29, 0.717) is 45.1 Å². The van der Waals surface area contributed by atoms with E-state index in [1.807, 2.05) is 6.08 Å². The lowest BCUT2D eigenvalue weighted by Crippen LogP contribution is -2.49. The molecule has 1 heterocycles. The third kappa shape index (κ3) is 1.84. The van der Waals surface area contributed by atoms with Crippen LogP contribution < -0.4 is 0 Å². The fraction of sp³-hybridized carbons (Fsp3) is 0.667. The predicted octanol–water partition coefficient (Wildman–Crippen LogP) is 0.813. The van der Waals surface area contributed by atoms with E-state index in [4.69, 9.17) is 5.11 Å². The molecule has 0 radical (unpaired) electrons. The summed E-state index contributed by atoms with van der Waals surface area (Å²) in [4.78, 5) is 37.9. The summed E-state index contributed by atoms with van der Waals surface area (Å²) in [5.74, 6) is 0.0752. The van der Waals surface area contributed by atoms with Gasteiger partial charge in [0.15, 0.2) is 0 Å². The number of hydrogen-bond donors (Lipinski definition) is 1. The van der Waals surface area contributed by atoms with Gasteiger partial charge < -0.3 is 10.0 Å². The van der Waals surface area contributed by atoms with Crippen LogP contribution in [0.4, 0.5) is 0 Å². The normalized spacial score (nSPS) is 33.0. The van der Waals surface area contributed by atoms with Gasteiger partial charge in [0, 0.05) is 55.9 Å². The molecule has 1 amide bonds. The molecule has 0 unspecified atom stereocenters. The molecule has 1 aliphatic heterocycles. The summed E-state index contributed by atoms with van der Waals surface area (Å²) in [6.07, 6.45) is 4.39. The molecule has 1 N–H and O–H groups in total. The molecule has 1 saturated carbocycles. The number of piperidine rings is 1. The van der Waals surface area contributed by atoms with Crippen LogP contribution in [0, 0.1) is 11.3 Å². The molecule has 20 heavy (non-hydrogen) atoms. The highest BCUT2D eigenvalue weighted by atomic mass is 16.3. The van der Waals surface area contributed by atoms with Crippen LogP contribution in [0.5, 0.6) is 0 Å². The molecular formula is C15H19NO4. The first-order chi connectivity index (χ1) is 9.58. The third-order valence-corrected chi connectivity index (χ3v) is 4.92. The first kappa shape index (κ1) is 13.5. The third-order valence-electron chi connectivity index (χ3n) is 4.92. The van der Waals surface area contributed by atoms with Crippen molar-refractivity contribution >= 4 is 17.5 Å². The Labute approximate surface area is 117 Å². The van der Waals surface area contributed by atoms with Gasteiger partial charge in [0.1, 0.15) is 11.6 Å². The van der Waals surface area contributed by atoms with Crippen LogP contribution in [0.2, 0.25) is 0 Å². The van der Waals surface area contributed by atoms with Gasteiger partial charge in [-0.05, 0) is 12.8 Å². The highest BCUT2D eigenvalue weighted by Gasteiger charge is 2.57. The lowest BCUT2D eigenvalue weighted by Gasteiger charge is -2.47. The number of nitrogens with zero attached hydrogens (tertiary/aromatic N) is 1. The van der Waals surface area contributed by atoms with Gasteiger partial charge in [-0.1, -0.05) is 6.08 Å². The van der Waals surface area contributed by atoms with Crippen molar-refractivity contribution in [1.29, 1.82) is 0 Å². The van der Waals surface area contributed by atoms with E-state index in [9.17, 15) is 14.4 Å². The minimum Gasteiger partial charge on any atom is -0.396 e. The summed E-state index contributed by atoms with van der Waals surface area (Å²) in [6.45, 7) is 0.503. The number of carbonyl (C=O) groups excluding carboxylic acids is 3. The van der Waals surface area contributed by atoms with E-state index in [1.54, 1.807) is 4.90 Å². The molecule has 0 aromatic rings. The second kappa shape index (κ2) is 4.81. The quantitative estimate of drug-likeness (QED) is 0.828. The number of likely N-dealkylation sites (tertiary alicyclic amines) is 1. The van der Waals surface area contributed by atoms with Gasteiger partial charge in [-0.2, -0.15) is 0 Å². The van der Waals surface area contributed by atoms with Crippen LogP contribution in [-0.4, -0.2) is 40.6 Å². The van der Waals surface area contributed by atoms with Crippen molar-refractivity contribution in [1.82, 2.24) is 4.90 Å². The molecule has 3 aliphatic rings. The van der Waals surface area contributed by atoms with Crippen molar-refractivity contribution in [2.75, 3.05) is 13.2 Å². The summed E-state index contributed by atoms with van der Waals surface area (Å²) in [5.41, 5.74) is 0.438. The first-order valence-electron chi connectivity index (χ1n) is 7.25. The monoisotopic (exact) mass is 277 g/mol. The Balaban J connectivity index is 1.99. The van der Waals surface area contributed by atoms with E-state index >= 15 is 0 Å². The van der Waals surface area contributed by atoms with Gasteiger partial charge in [-0.25, -0.2) is 0 Å². The smallest absolute Gasteiger partial charge is 0.226 e. The average molecular weight is 277 g/mol. The Kier molecular flexibility index (Phi) is 3.24. The highest BCUT2D eigenvalue weighted by Crippen LogP contribution is 2.56. The molecule has 2 aliphatic carbocycles. The second-order valence-corrected chi connectivity index (χ2v) is 6.01. The number of rotatable bonds is 3. The Hall–Kier alpha value is -1.49. The van der Waals surface area contributed by atoms with Gasteiger partial charge in [0.05, 0.1) is 0 Å². The largest absolute Gasteiger partial charge is 0.396 e. The second-order valence-electron chi connectivity index (χ2n) is 6.01. The minimum absolute atomic E-state index is 0.0331. The summed E-state index contributed by atoms with van der Waals surface area (Å²) >= 11 is 0. The van der Waals surface area contributed by atoms with Gasteiger partial charge in [0.25, 0.3) is 0 Å². The van der Waals surface area contributed by atoms with E-state index in [1.165, 1.54) is 0 Å². The minimum atomic E-state index is -0.435. The Morgan fingerprint density at radius 3 is 2.90 bits per heavy atom. The molecule has 3 rings (SSSR count). The van der Waals surface area contributed by atoms with E-state index in [2.05, 4.69) is 0 Å². The number of aliphatic hydroxyl groups is 1. The molecule has 5 heteroatoms. The Bertz CT molecular complexity index is 510. The maximum Gasteiger partial charge on any atom is 0.226 e. The molecule has 2 atom stereocenters. The summed E-state index contributed by atoms with van der Waals surface area (Å²) in [5, 5.41) is 8.98. The average Bonchev–Trinajstić information content (AvgIpc) is 2.76. The number of Topliss-reactive ketones (excluding diaryl/α,β-unsaturated/α-hetero) is 2. The van der Waals surface area contributed by atoms with Crippen molar-refractivity contribution in [2.24, 2.45) is 11.3 Å². The molecule has 5 nitrogen and oxygen atoms in total. The van der Waals surface area contributed by atoms with Gasteiger partial charge in [0.2, 0.25) is 5.91 Å². The summed E-state index contributed by atoms with van der Waals surface area (Å²) in [7, 11) is 0.